The maximum atomic E-state index is 13.1. The highest BCUT2D eigenvalue weighted by molar-refractivity contribution is 5.89. The van der Waals surface area contributed by atoms with Crippen LogP contribution in [0.25, 0.3) is 0 Å². The molecule has 2 heterocycles. The van der Waals surface area contributed by atoms with Crippen molar-refractivity contribution in [2.24, 2.45) is 23.7 Å². The monoisotopic (exact) mass is 736 g/mol. The molecule has 4 fully saturated rings. The molecule has 0 aromatic carbocycles. The van der Waals surface area contributed by atoms with Crippen molar-refractivity contribution in [2.45, 2.75) is 174 Å². The van der Waals surface area contributed by atoms with Crippen LogP contribution in [0.5, 0.6) is 0 Å². The first-order chi connectivity index (χ1) is 24.5. The van der Waals surface area contributed by atoms with Gasteiger partial charge in [-0.15, -0.1) is 0 Å². The molecular weight excluding hydrogens is 672 g/mol. The zero-order chi connectivity index (χ0) is 38.9. The van der Waals surface area contributed by atoms with Crippen LogP contribution in [0.3, 0.4) is 0 Å². The summed E-state index contributed by atoms with van der Waals surface area (Å²) < 4.78 is 5.15. The number of esters is 1. The smallest absolute Gasteiger partial charge is 0.326 e. The Bertz CT molecular complexity index is 1260. The average Bonchev–Trinajstić information content (AvgIpc) is 3.85. The predicted molar refractivity (Wildman–Crippen MR) is 193 cm³/mol. The zero-order valence-electron chi connectivity index (χ0n) is 32.2. The fourth-order valence-electron chi connectivity index (χ4n) is 8.64. The first kappa shape index (κ1) is 43.1. The fourth-order valence-corrected chi connectivity index (χ4v) is 8.64. The Balaban J connectivity index is 0.000000281. The van der Waals surface area contributed by atoms with Gasteiger partial charge in [-0.05, 0) is 109 Å². The third kappa shape index (κ3) is 11.1. The number of nitrogens with zero attached hydrogens (tertiary/aromatic N) is 2. The first-order valence-electron chi connectivity index (χ1n) is 19.5. The minimum absolute atomic E-state index is 0.0135. The van der Waals surface area contributed by atoms with E-state index in [1.165, 1.54) is 4.90 Å². The van der Waals surface area contributed by atoms with Gasteiger partial charge in [0.15, 0.2) is 0 Å². The Morgan fingerprint density at radius 1 is 0.635 bits per heavy atom. The molecule has 10 atom stereocenters. The number of nitrogens with one attached hydrogen (secondary N) is 2. The van der Waals surface area contributed by atoms with E-state index in [0.717, 1.165) is 51.4 Å². The molecule has 2 saturated heterocycles. The van der Waals surface area contributed by atoms with Crippen molar-refractivity contribution in [3.8, 4) is 0 Å². The molecule has 0 unspecified atom stereocenters. The Kier molecular flexibility index (Phi) is 16.4. The Morgan fingerprint density at radius 2 is 1.04 bits per heavy atom. The third-order valence-electron chi connectivity index (χ3n) is 11.3. The van der Waals surface area contributed by atoms with Crippen LogP contribution in [0.4, 0.5) is 0 Å². The molecule has 0 aromatic rings. The van der Waals surface area contributed by atoms with E-state index in [2.05, 4.69) is 24.5 Å². The average molecular weight is 737 g/mol. The van der Waals surface area contributed by atoms with Crippen LogP contribution in [0, 0.1) is 23.7 Å². The van der Waals surface area contributed by atoms with Crippen molar-refractivity contribution < 1.29 is 48.8 Å². The third-order valence-corrected chi connectivity index (χ3v) is 11.3. The second-order valence-electron chi connectivity index (χ2n) is 16.1. The normalized spacial score (nSPS) is 27.3. The van der Waals surface area contributed by atoms with E-state index in [4.69, 9.17) is 4.74 Å². The van der Waals surface area contributed by atoms with E-state index in [1.54, 1.807) is 25.7 Å². The van der Waals surface area contributed by atoms with Crippen LogP contribution >= 0.6 is 0 Å². The predicted octanol–water partition coefficient (Wildman–Crippen LogP) is 3.89. The number of carboxylic acid groups (broad SMARTS) is 3. The van der Waals surface area contributed by atoms with Crippen molar-refractivity contribution in [1.29, 1.82) is 0 Å². The van der Waals surface area contributed by atoms with Gasteiger partial charge in [-0.2, -0.15) is 0 Å². The number of amides is 2. The van der Waals surface area contributed by atoms with Crippen LogP contribution < -0.4 is 10.6 Å². The molecule has 52 heavy (non-hydrogen) atoms. The minimum Gasteiger partial charge on any atom is -0.480 e. The number of likely N-dealkylation sites (tertiary alicyclic amines) is 2. The van der Waals surface area contributed by atoms with E-state index in [-0.39, 0.29) is 48.3 Å². The van der Waals surface area contributed by atoms with Crippen molar-refractivity contribution in [3.05, 3.63) is 0 Å². The SMILES string of the molecule is CC(C)CC[C@H](N[C@@H](C)C(=O)N1[C@H](C(=O)O)C[C@@H]2CCC[C@@H]21)C(=O)O.CCOC(=O)[C@H](CCC(C)C)N[C@@H](C)C(=O)N1[C@H](C(=O)O)C[C@@H]2CCC[C@@H]21. The van der Waals surface area contributed by atoms with Crippen LogP contribution in [-0.4, -0.2) is 116 Å². The lowest BCUT2D eigenvalue weighted by Gasteiger charge is -2.32. The molecule has 2 amide bonds. The largest absolute Gasteiger partial charge is 0.480 e. The topological polar surface area (TPSA) is 203 Å². The number of rotatable bonds is 17. The van der Waals surface area contributed by atoms with Crippen LogP contribution in [0.2, 0.25) is 0 Å². The van der Waals surface area contributed by atoms with Crippen molar-refractivity contribution in [3.63, 3.8) is 0 Å². The highest BCUT2D eigenvalue weighted by Crippen LogP contribution is 2.42. The van der Waals surface area contributed by atoms with Gasteiger partial charge in [-0.3, -0.25) is 29.8 Å². The van der Waals surface area contributed by atoms with Gasteiger partial charge < -0.3 is 29.9 Å². The number of aliphatic carboxylic acids is 3. The van der Waals surface area contributed by atoms with E-state index in [9.17, 15) is 44.1 Å². The molecule has 0 spiro atoms. The molecule has 14 nitrogen and oxygen atoms in total. The van der Waals surface area contributed by atoms with Gasteiger partial charge >= 0.3 is 23.9 Å². The Labute approximate surface area is 308 Å². The molecule has 5 N–H and O–H groups in total. The summed E-state index contributed by atoms with van der Waals surface area (Å²) in [6.07, 6.45) is 9.35. The summed E-state index contributed by atoms with van der Waals surface area (Å²) in [5, 5.41) is 34.5. The Morgan fingerprint density at radius 3 is 1.40 bits per heavy atom. The molecule has 4 aliphatic rings. The first-order valence-corrected chi connectivity index (χ1v) is 19.5. The lowest BCUT2D eigenvalue weighted by atomic mass is 10.0. The van der Waals surface area contributed by atoms with Gasteiger partial charge in [0.05, 0.1) is 18.7 Å². The molecule has 2 aliphatic carbocycles. The lowest BCUT2D eigenvalue weighted by Crippen LogP contribution is -2.55. The summed E-state index contributed by atoms with van der Waals surface area (Å²) in [7, 11) is 0. The molecule has 14 heteroatoms. The van der Waals surface area contributed by atoms with Crippen LogP contribution in [0.15, 0.2) is 0 Å². The van der Waals surface area contributed by atoms with Gasteiger partial charge in [0.1, 0.15) is 24.2 Å². The highest BCUT2D eigenvalue weighted by Gasteiger charge is 2.51. The van der Waals surface area contributed by atoms with Gasteiger partial charge in [-0.25, -0.2) is 9.59 Å². The summed E-state index contributed by atoms with van der Waals surface area (Å²) in [6.45, 7) is 13.6. The molecular formula is C38H64N4O10. The number of carbonyl (C=O) groups is 6. The number of ether oxygens (including phenoxy) is 1. The van der Waals surface area contributed by atoms with E-state index in [0.29, 0.717) is 37.5 Å². The van der Waals surface area contributed by atoms with Gasteiger partial charge in [0.2, 0.25) is 11.8 Å². The standard InChI is InChI=1S/C20H34N2O5.C18H30N2O5/c1-5-27-20(26)15(10-9-12(2)3)21-13(4)18(23)22-16-8-6-7-14(16)11-17(22)19(24)25;1-10(2)7-8-13(17(22)23)19-11(3)16(21)20-14-6-4-5-12(14)9-15(20)18(24)25/h12-17,21H,5-11H2,1-4H3,(H,24,25);10-15,19H,4-9H2,1-3H3,(H,22,23)(H,24,25)/t13-,14-,15-,16-,17-;11-,12-,13-,14-,15-/m00/s1. The number of fused-ring (bicyclic) bond motifs is 2. The second-order valence-corrected chi connectivity index (χ2v) is 16.1. The minimum atomic E-state index is -0.977. The fraction of sp³-hybridized carbons (Fsp3) is 0.842. The quantitative estimate of drug-likeness (QED) is 0.135. The second kappa shape index (κ2) is 19.7. The molecule has 4 rings (SSSR count). The molecule has 0 aromatic heterocycles. The highest BCUT2D eigenvalue weighted by atomic mass is 16.5. The number of hydrogen-bond acceptors (Lipinski definition) is 9. The lowest BCUT2D eigenvalue weighted by molar-refractivity contribution is -0.151. The molecule has 0 bridgehead atoms. The summed E-state index contributed by atoms with van der Waals surface area (Å²) in [5.74, 6) is -2.40. The van der Waals surface area contributed by atoms with Gasteiger partial charge in [0.25, 0.3) is 0 Å². The maximum absolute atomic E-state index is 13.1. The number of hydrogen-bond donors (Lipinski definition) is 5. The number of carboxylic acids is 3. The van der Waals surface area contributed by atoms with Crippen molar-refractivity contribution >= 4 is 35.7 Å². The summed E-state index contributed by atoms with van der Waals surface area (Å²) in [6, 6.07) is -4.25. The number of carbonyl (C=O) groups excluding carboxylic acids is 3. The maximum Gasteiger partial charge on any atom is 0.326 e. The molecule has 2 saturated carbocycles. The van der Waals surface area contributed by atoms with Crippen LogP contribution in [0.1, 0.15) is 126 Å². The van der Waals surface area contributed by atoms with Crippen LogP contribution in [-0.2, 0) is 33.5 Å². The molecule has 296 valence electrons. The Hall–Kier alpha value is -3.26. The van der Waals surface area contributed by atoms with Gasteiger partial charge in [-0.1, -0.05) is 40.5 Å². The summed E-state index contributed by atoms with van der Waals surface area (Å²) >= 11 is 0. The summed E-state index contributed by atoms with van der Waals surface area (Å²) in [4.78, 5) is 76.1. The summed E-state index contributed by atoms with van der Waals surface area (Å²) in [5.41, 5.74) is 0. The van der Waals surface area contributed by atoms with Crippen molar-refractivity contribution in [1.82, 2.24) is 20.4 Å². The van der Waals surface area contributed by atoms with E-state index in [1.807, 2.05) is 13.8 Å². The van der Waals surface area contributed by atoms with E-state index < -0.39 is 54.2 Å². The zero-order valence-corrected chi connectivity index (χ0v) is 32.2. The van der Waals surface area contributed by atoms with Gasteiger partial charge in [0, 0.05) is 12.1 Å². The van der Waals surface area contributed by atoms with Crippen molar-refractivity contribution in [2.75, 3.05) is 6.61 Å². The molecule has 2 aliphatic heterocycles. The molecule has 0 radical (unpaired) electrons. The van der Waals surface area contributed by atoms with E-state index >= 15 is 0 Å².